The molecule has 0 atom stereocenters. The van der Waals surface area contributed by atoms with Gasteiger partial charge in [0.15, 0.2) is 0 Å². The lowest BCUT2D eigenvalue weighted by atomic mass is 10.2. The van der Waals surface area contributed by atoms with Crippen LogP contribution in [0.15, 0.2) is 24.3 Å². The molecule has 1 amide bonds. The van der Waals surface area contributed by atoms with Gasteiger partial charge in [0.1, 0.15) is 5.82 Å². The molecule has 0 saturated heterocycles. The molecule has 0 spiro atoms. The standard InChI is InChI=1S/C10H10F3NO/c1-14(6-9(12)13)10(15)7-2-4-8(11)5-3-7/h2-5,9H,6H2,1H3. The Kier molecular flexibility index (Phi) is 3.71. The summed E-state index contributed by atoms with van der Waals surface area (Å²) in [5.41, 5.74) is 0.194. The number of hydrogen-bond donors (Lipinski definition) is 0. The Morgan fingerprint density at radius 1 is 1.33 bits per heavy atom. The second-order valence-electron chi connectivity index (χ2n) is 3.08. The van der Waals surface area contributed by atoms with Gasteiger partial charge in [-0.15, -0.1) is 0 Å². The van der Waals surface area contributed by atoms with E-state index in [0.29, 0.717) is 0 Å². The number of carbonyl (C=O) groups is 1. The van der Waals surface area contributed by atoms with E-state index in [-0.39, 0.29) is 5.56 Å². The van der Waals surface area contributed by atoms with Crippen molar-refractivity contribution in [1.82, 2.24) is 4.90 Å². The summed E-state index contributed by atoms with van der Waals surface area (Å²) in [5, 5.41) is 0. The zero-order valence-electron chi connectivity index (χ0n) is 8.08. The first-order chi connectivity index (χ1) is 7.00. The molecule has 0 saturated carbocycles. The largest absolute Gasteiger partial charge is 0.336 e. The molecule has 1 rings (SSSR count). The molecule has 15 heavy (non-hydrogen) atoms. The molecule has 5 heteroatoms. The summed E-state index contributed by atoms with van der Waals surface area (Å²) in [6.07, 6.45) is -2.57. The summed E-state index contributed by atoms with van der Waals surface area (Å²) in [4.78, 5) is 12.4. The summed E-state index contributed by atoms with van der Waals surface area (Å²) >= 11 is 0. The van der Waals surface area contributed by atoms with Gasteiger partial charge in [0, 0.05) is 12.6 Å². The van der Waals surface area contributed by atoms with E-state index in [1.54, 1.807) is 0 Å². The fourth-order valence-corrected chi connectivity index (χ4v) is 1.10. The maximum Gasteiger partial charge on any atom is 0.255 e. The molecule has 0 bridgehead atoms. The highest BCUT2D eigenvalue weighted by Gasteiger charge is 2.15. The molecule has 82 valence electrons. The van der Waals surface area contributed by atoms with Gasteiger partial charge in [-0.2, -0.15) is 0 Å². The Hall–Kier alpha value is -1.52. The lowest BCUT2D eigenvalue weighted by Gasteiger charge is -2.16. The molecule has 0 unspecified atom stereocenters. The van der Waals surface area contributed by atoms with Crippen molar-refractivity contribution in [3.05, 3.63) is 35.6 Å². The van der Waals surface area contributed by atoms with Crippen LogP contribution in [0.5, 0.6) is 0 Å². The Labute approximate surface area is 85.3 Å². The highest BCUT2D eigenvalue weighted by Crippen LogP contribution is 2.07. The first-order valence-corrected chi connectivity index (χ1v) is 4.30. The van der Waals surface area contributed by atoms with Crippen LogP contribution in [0.3, 0.4) is 0 Å². The van der Waals surface area contributed by atoms with E-state index in [9.17, 15) is 18.0 Å². The van der Waals surface area contributed by atoms with Gasteiger partial charge in [-0.05, 0) is 24.3 Å². The van der Waals surface area contributed by atoms with Gasteiger partial charge < -0.3 is 4.90 Å². The third-order valence-electron chi connectivity index (χ3n) is 1.85. The van der Waals surface area contributed by atoms with Crippen LogP contribution in [-0.4, -0.2) is 30.8 Å². The SMILES string of the molecule is CN(CC(F)F)C(=O)c1ccc(F)cc1. The van der Waals surface area contributed by atoms with Crippen LogP contribution in [0.2, 0.25) is 0 Å². The molecule has 0 fully saturated rings. The van der Waals surface area contributed by atoms with E-state index in [0.717, 1.165) is 17.0 Å². The fourth-order valence-electron chi connectivity index (χ4n) is 1.10. The van der Waals surface area contributed by atoms with Gasteiger partial charge in [-0.25, -0.2) is 13.2 Å². The highest BCUT2D eigenvalue weighted by molar-refractivity contribution is 5.93. The van der Waals surface area contributed by atoms with Crippen molar-refractivity contribution >= 4 is 5.91 Å². The van der Waals surface area contributed by atoms with Crippen molar-refractivity contribution in [3.63, 3.8) is 0 Å². The van der Waals surface area contributed by atoms with Crippen molar-refractivity contribution in [3.8, 4) is 0 Å². The van der Waals surface area contributed by atoms with Crippen LogP contribution >= 0.6 is 0 Å². The normalized spacial score (nSPS) is 10.5. The highest BCUT2D eigenvalue weighted by atomic mass is 19.3. The number of hydrogen-bond acceptors (Lipinski definition) is 1. The van der Waals surface area contributed by atoms with Gasteiger partial charge in [0.05, 0.1) is 6.54 Å². The first kappa shape index (κ1) is 11.6. The van der Waals surface area contributed by atoms with Gasteiger partial charge in [0.2, 0.25) is 0 Å². The number of halogens is 3. The minimum atomic E-state index is -2.57. The molecule has 1 aromatic rings. The Bertz CT molecular complexity index is 337. The van der Waals surface area contributed by atoms with Crippen molar-refractivity contribution in [2.45, 2.75) is 6.43 Å². The first-order valence-electron chi connectivity index (χ1n) is 4.30. The number of benzene rings is 1. The quantitative estimate of drug-likeness (QED) is 0.759. The lowest BCUT2D eigenvalue weighted by molar-refractivity contribution is 0.0620. The van der Waals surface area contributed by atoms with Crippen molar-refractivity contribution < 1.29 is 18.0 Å². The zero-order chi connectivity index (χ0) is 11.4. The Morgan fingerprint density at radius 2 is 1.87 bits per heavy atom. The van der Waals surface area contributed by atoms with E-state index in [1.165, 1.54) is 19.2 Å². The number of rotatable bonds is 3. The maximum atomic E-state index is 12.5. The summed E-state index contributed by atoms with van der Waals surface area (Å²) in [5.74, 6) is -1.02. The van der Waals surface area contributed by atoms with Gasteiger partial charge >= 0.3 is 0 Å². The molecule has 0 aromatic heterocycles. The van der Waals surface area contributed by atoms with Crippen LogP contribution in [0.4, 0.5) is 13.2 Å². The zero-order valence-corrected chi connectivity index (χ0v) is 8.08. The molecule has 1 aromatic carbocycles. The summed E-state index contributed by atoms with van der Waals surface area (Å²) in [6.45, 7) is -0.629. The maximum absolute atomic E-state index is 12.5. The average molecular weight is 217 g/mol. The second-order valence-corrected chi connectivity index (χ2v) is 3.08. The molecule has 0 radical (unpaired) electrons. The third-order valence-corrected chi connectivity index (χ3v) is 1.85. The fraction of sp³-hybridized carbons (Fsp3) is 0.300. The number of nitrogens with zero attached hydrogens (tertiary/aromatic N) is 1. The Balaban J connectivity index is 2.72. The molecular formula is C10H10F3NO. The minimum absolute atomic E-state index is 0.194. The molecule has 2 nitrogen and oxygen atoms in total. The molecule has 0 aliphatic rings. The van der Waals surface area contributed by atoms with E-state index >= 15 is 0 Å². The summed E-state index contributed by atoms with van der Waals surface area (Å²) in [7, 11) is 1.28. The number of amides is 1. The van der Waals surface area contributed by atoms with Crippen molar-refractivity contribution in [2.24, 2.45) is 0 Å². The van der Waals surface area contributed by atoms with Gasteiger partial charge in [-0.1, -0.05) is 0 Å². The molecule has 0 N–H and O–H groups in total. The Morgan fingerprint density at radius 3 is 2.33 bits per heavy atom. The van der Waals surface area contributed by atoms with Crippen molar-refractivity contribution in [2.75, 3.05) is 13.6 Å². The monoisotopic (exact) mass is 217 g/mol. The van der Waals surface area contributed by atoms with Crippen LogP contribution in [0, 0.1) is 5.82 Å². The third kappa shape index (κ3) is 3.27. The van der Waals surface area contributed by atoms with Crippen LogP contribution in [0.25, 0.3) is 0 Å². The molecule has 0 heterocycles. The van der Waals surface area contributed by atoms with E-state index in [2.05, 4.69) is 0 Å². The van der Waals surface area contributed by atoms with Gasteiger partial charge in [-0.3, -0.25) is 4.79 Å². The van der Waals surface area contributed by atoms with Crippen LogP contribution in [0.1, 0.15) is 10.4 Å². The number of carbonyl (C=O) groups excluding carboxylic acids is 1. The lowest BCUT2D eigenvalue weighted by Crippen LogP contribution is -2.31. The van der Waals surface area contributed by atoms with E-state index in [4.69, 9.17) is 0 Å². The topological polar surface area (TPSA) is 20.3 Å². The second kappa shape index (κ2) is 4.82. The molecule has 0 aliphatic heterocycles. The van der Waals surface area contributed by atoms with Crippen LogP contribution in [-0.2, 0) is 0 Å². The average Bonchev–Trinajstić information content (AvgIpc) is 2.17. The summed E-state index contributed by atoms with van der Waals surface area (Å²) in [6, 6.07) is 4.76. The number of alkyl halides is 2. The van der Waals surface area contributed by atoms with Crippen molar-refractivity contribution in [1.29, 1.82) is 0 Å². The van der Waals surface area contributed by atoms with E-state index < -0.39 is 24.7 Å². The van der Waals surface area contributed by atoms with Crippen LogP contribution < -0.4 is 0 Å². The van der Waals surface area contributed by atoms with Gasteiger partial charge in [0.25, 0.3) is 12.3 Å². The predicted molar refractivity (Wildman–Crippen MR) is 49.4 cm³/mol. The summed E-state index contributed by atoms with van der Waals surface area (Å²) < 4.78 is 36.5. The smallest absolute Gasteiger partial charge is 0.255 e. The minimum Gasteiger partial charge on any atom is -0.336 e. The molecular weight excluding hydrogens is 207 g/mol. The predicted octanol–water partition coefficient (Wildman–Crippen LogP) is 2.16. The van der Waals surface area contributed by atoms with E-state index in [1.807, 2.05) is 0 Å². The molecule has 0 aliphatic carbocycles.